The van der Waals surface area contributed by atoms with E-state index in [-0.39, 0.29) is 5.97 Å². The third-order valence-corrected chi connectivity index (χ3v) is 33.1. The van der Waals surface area contributed by atoms with Gasteiger partial charge in [-0.05, 0) is 62.8 Å². The molecule has 0 unspecified atom stereocenters. The Bertz CT molecular complexity index is 614. The summed E-state index contributed by atoms with van der Waals surface area (Å²) in [5.74, 6) is -0.158. The van der Waals surface area contributed by atoms with Crippen LogP contribution in [0.25, 0.3) is 0 Å². The highest BCUT2D eigenvalue weighted by Gasteiger charge is 2.46. The van der Waals surface area contributed by atoms with E-state index in [9.17, 15) is 4.79 Å². The van der Waals surface area contributed by atoms with Crippen molar-refractivity contribution in [1.29, 1.82) is 0 Å². The minimum atomic E-state index is -1.56. The number of allylic oxidation sites excluding steroid dienone is 1. The fraction of sp³-hybridized carbons (Fsp3) is 0.903. The minimum Gasteiger partial charge on any atom is -0.466 e. The fourth-order valence-electron chi connectivity index (χ4n) is 6.79. The van der Waals surface area contributed by atoms with Crippen LogP contribution in [0.15, 0.2) is 10.3 Å². The summed E-state index contributed by atoms with van der Waals surface area (Å²) in [5.41, 5.74) is 4.68. The van der Waals surface area contributed by atoms with Gasteiger partial charge in [-0.3, -0.25) is 4.79 Å². The monoisotopic (exact) mass is 588 g/mol. The summed E-state index contributed by atoms with van der Waals surface area (Å²) in [5, 5.41) is 2.70. The van der Waals surface area contributed by atoms with Crippen molar-refractivity contribution in [2.45, 2.75) is 175 Å². The second-order valence-electron chi connectivity index (χ2n) is 13.0. The van der Waals surface area contributed by atoms with Crippen molar-refractivity contribution in [2.24, 2.45) is 0 Å². The number of carbonyl (C=O) groups excluding carboxylic acids is 1. The maximum atomic E-state index is 10.9. The van der Waals surface area contributed by atoms with Gasteiger partial charge in [-0.2, -0.15) is 22.4 Å². The summed E-state index contributed by atoms with van der Waals surface area (Å²) in [6.07, 6.45) is 9.94. The zero-order valence-corrected chi connectivity index (χ0v) is 30.7. The van der Waals surface area contributed by atoms with Gasteiger partial charge in [0.05, 0.1) is 6.61 Å². The molecular weight excluding hydrogens is 525 g/mol. The first-order valence-corrected chi connectivity index (χ1v) is 23.0. The highest BCUT2D eigenvalue weighted by Crippen LogP contribution is 2.55. The third kappa shape index (κ3) is 11.8. The Hall–Kier alpha value is 0.344. The van der Waals surface area contributed by atoms with Crippen molar-refractivity contribution >= 4 is 42.8 Å². The Morgan fingerprint density at radius 3 is 1.38 bits per heavy atom. The zero-order valence-electron chi connectivity index (χ0n) is 27.0. The molecule has 6 heteroatoms. The quantitative estimate of drug-likeness (QED) is 0.0802. The van der Waals surface area contributed by atoms with Crippen molar-refractivity contribution in [1.82, 2.24) is 0 Å². The van der Waals surface area contributed by atoms with Gasteiger partial charge in [-0.25, -0.2) is 0 Å². The summed E-state index contributed by atoms with van der Waals surface area (Å²) < 4.78 is 5.05. The number of esters is 1. The normalized spacial score (nSPS) is 13.8. The molecule has 0 heterocycles. The number of rotatable bonds is 20. The van der Waals surface area contributed by atoms with Gasteiger partial charge < -0.3 is 4.74 Å². The predicted molar refractivity (Wildman–Crippen MR) is 179 cm³/mol. The molecule has 0 N–H and O–H groups in total. The standard InChI is InChI=1S/C31H64O2S2Si2/c1-24(2)36(25(3)4,26(5)6)34-23-31(35-37(27(7)8,28(9)10)29(11)12)21-19-17-15-14-16-18-20-22-33-30(13)32/h23-29H,14-22H2,1-13H3/b31-23+. The molecule has 37 heavy (non-hydrogen) atoms. The van der Waals surface area contributed by atoms with E-state index >= 15 is 0 Å². The predicted octanol–water partition coefficient (Wildman–Crippen LogP) is 12.3. The van der Waals surface area contributed by atoms with Gasteiger partial charge in [0.25, 0.3) is 0 Å². The summed E-state index contributed by atoms with van der Waals surface area (Å²) in [7, 11) is -3.08. The zero-order chi connectivity index (χ0) is 28.8. The Labute approximate surface area is 243 Å². The van der Waals surface area contributed by atoms with Crippen molar-refractivity contribution in [2.75, 3.05) is 6.61 Å². The van der Waals surface area contributed by atoms with Crippen LogP contribution in [0.2, 0.25) is 33.2 Å². The molecule has 0 fully saturated rings. The Morgan fingerprint density at radius 2 is 1.00 bits per heavy atom. The maximum Gasteiger partial charge on any atom is 0.302 e. The Balaban J connectivity index is 5.48. The second kappa shape index (κ2) is 18.6. The molecule has 0 spiro atoms. The van der Waals surface area contributed by atoms with E-state index in [4.69, 9.17) is 4.74 Å². The average molecular weight is 589 g/mol. The molecular formula is C31H64O2S2Si2. The molecule has 0 atom stereocenters. The van der Waals surface area contributed by atoms with Crippen LogP contribution in [0, 0.1) is 0 Å². The molecule has 0 radical (unpaired) electrons. The molecule has 220 valence electrons. The minimum absolute atomic E-state index is 0.158. The van der Waals surface area contributed by atoms with Crippen molar-refractivity contribution in [3.8, 4) is 0 Å². The van der Waals surface area contributed by atoms with Crippen molar-refractivity contribution in [3.05, 3.63) is 10.3 Å². The largest absolute Gasteiger partial charge is 0.466 e. The van der Waals surface area contributed by atoms with E-state index in [2.05, 4.69) is 111 Å². The van der Waals surface area contributed by atoms with Crippen LogP contribution in [0.4, 0.5) is 0 Å². The molecule has 0 aliphatic rings. The molecule has 0 saturated carbocycles. The van der Waals surface area contributed by atoms with Gasteiger partial charge in [0, 0.05) is 6.92 Å². The smallest absolute Gasteiger partial charge is 0.302 e. The van der Waals surface area contributed by atoms with Gasteiger partial charge in [0.15, 0.2) is 0 Å². The van der Waals surface area contributed by atoms with E-state index in [0.29, 0.717) is 6.61 Å². The maximum absolute atomic E-state index is 10.9. The lowest BCUT2D eigenvalue weighted by Gasteiger charge is -2.44. The molecule has 0 amide bonds. The van der Waals surface area contributed by atoms with E-state index in [1.165, 1.54) is 51.9 Å². The fourth-order valence-corrected chi connectivity index (χ4v) is 25.8. The molecule has 0 rings (SSSR count). The van der Waals surface area contributed by atoms with Gasteiger partial charge in [0.2, 0.25) is 0 Å². The first kappa shape index (κ1) is 37.3. The van der Waals surface area contributed by atoms with Crippen LogP contribution in [0.3, 0.4) is 0 Å². The van der Waals surface area contributed by atoms with Crippen molar-refractivity contribution < 1.29 is 9.53 Å². The van der Waals surface area contributed by atoms with Crippen LogP contribution in [0.1, 0.15) is 141 Å². The first-order chi connectivity index (χ1) is 17.2. The molecule has 0 aliphatic carbocycles. The summed E-state index contributed by atoms with van der Waals surface area (Å²) in [4.78, 5) is 12.6. The van der Waals surface area contributed by atoms with E-state index in [1.54, 1.807) is 4.91 Å². The van der Waals surface area contributed by atoms with E-state index in [0.717, 1.165) is 39.7 Å². The average Bonchev–Trinajstić information content (AvgIpc) is 2.76. The molecule has 2 nitrogen and oxygen atoms in total. The third-order valence-electron chi connectivity index (χ3n) is 8.49. The molecule has 0 aromatic carbocycles. The van der Waals surface area contributed by atoms with Crippen LogP contribution in [0.5, 0.6) is 0 Å². The van der Waals surface area contributed by atoms with Crippen LogP contribution in [-0.2, 0) is 9.53 Å². The second-order valence-corrected chi connectivity index (χ2v) is 30.1. The summed E-state index contributed by atoms with van der Waals surface area (Å²) >= 11 is 4.68. The number of ether oxygens (including phenoxy) is 1. The highest BCUT2D eigenvalue weighted by molar-refractivity contribution is 8.34. The number of hydrogen-bond donors (Lipinski definition) is 0. The lowest BCUT2D eigenvalue weighted by molar-refractivity contribution is -0.141. The first-order valence-electron chi connectivity index (χ1n) is 15.3. The number of hydrogen-bond acceptors (Lipinski definition) is 4. The Kier molecular flexibility index (Phi) is 18.8. The van der Waals surface area contributed by atoms with Crippen molar-refractivity contribution in [3.63, 3.8) is 0 Å². The van der Waals surface area contributed by atoms with Gasteiger partial charge >= 0.3 is 5.97 Å². The van der Waals surface area contributed by atoms with Gasteiger partial charge in [0.1, 0.15) is 14.4 Å². The Morgan fingerprint density at radius 1 is 0.622 bits per heavy atom. The lowest BCUT2D eigenvalue weighted by atomic mass is 10.1. The van der Waals surface area contributed by atoms with Crippen LogP contribution in [-0.4, -0.2) is 27.0 Å². The molecule has 0 saturated heterocycles. The van der Waals surface area contributed by atoms with Crippen LogP contribution >= 0.6 is 22.4 Å². The lowest BCUT2D eigenvalue weighted by Crippen LogP contribution is -2.41. The van der Waals surface area contributed by atoms with Crippen LogP contribution < -0.4 is 0 Å². The van der Waals surface area contributed by atoms with Gasteiger partial charge in [-0.1, -0.05) is 115 Å². The SMILES string of the molecule is CC(=O)OCCCCCCCCC/C(=C\S[Si](C(C)C)(C(C)C)C(C)C)S[Si](C(C)C)(C(C)C)C(C)C. The topological polar surface area (TPSA) is 26.3 Å². The number of carbonyl (C=O) groups is 1. The molecule has 0 aromatic heterocycles. The van der Waals surface area contributed by atoms with E-state index < -0.39 is 14.4 Å². The van der Waals surface area contributed by atoms with Gasteiger partial charge in [-0.15, -0.1) is 0 Å². The molecule has 0 aromatic rings. The number of unbranched alkanes of at least 4 members (excludes halogenated alkanes) is 6. The highest BCUT2D eigenvalue weighted by atomic mass is 32.4. The summed E-state index contributed by atoms with van der Waals surface area (Å²) in [6, 6.07) is 0. The molecule has 0 aliphatic heterocycles. The van der Waals surface area contributed by atoms with E-state index in [1.807, 2.05) is 0 Å². The molecule has 0 bridgehead atoms. The summed E-state index contributed by atoms with van der Waals surface area (Å²) in [6.45, 7) is 32.0.